The van der Waals surface area contributed by atoms with E-state index in [-0.39, 0.29) is 23.7 Å². The van der Waals surface area contributed by atoms with E-state index in [4.69, 9.17) is 5.73 Å². The molecule has 0 unspecified atom stereocenters. The average molecular weight is 305 g/mol. The first-order valence-corrected chi connectivity index (χ1v) is 7.80. The van der Waals surface area contributed by atoms with Gasteiger partial charge in [-0.05, 0) is 37.0 Å². The van der Waals surface area contributed by atoms with Gasteiger partial charge in [0.15, 0.2) is 0 Å². The van der Waals surface area contributed by atoms with Crippen molar-refractivity contribution in [1.82, 2.24) is 4.90 Å². The topological polar surface area (TPSA) is 46.3 Å². The van der Waals surface area contributed by atoms with E-state index in [1.54, 1.807) is 0 Å². The lowest BCUT2D eigenvalue weighted by Crippen LogP contribution is -2.50. The van der Waals surface area contributed by atoms with Crippen LogP contribution in [0.3, 0.4) is 0 Å². The Balaban J connectivity index is 0.00000361. The summed E-state index contributed by atoms with van der Waals surface area (Å²) in [7, 11) is 0. The predicted octanol–water partition coefficient (Wildman–Crippen LogP) is 3.46. The molecule has 20 heavy (non-hydrogen) atoms. The second-order valence-corrected chi connectivity index (χ2v) is 7.12. The zero-order valence-electron chi connectivity index (χ0n) is 13.9. The van der Waals surface area contributed by atoms with Crippen LogP contribution in [0.2, 0.25) is 0 Å². The normalized spacial score (nSPS) is 17.8. The van der Waals surface area contributed by atoms with Crippen molar-refractivity contribution in [2.75, 3.05) is 19.6 Å². The molecule has 1 fully saturated rings. The van der Waals surface area contributed by atoms with Crippen LogP contribution in [0.15, 0.2) is 0 Å². The second-order valence-electron chi connectivity index (χ2n) is 7.12. The highest BCUT2D eigenvalue weighted by atomic mass is 35.5. The summed E-state index contributed by atoms with van der Waals surface area (Å²) >= 11 is 0. The van der Waals surface area contributed by atoms with E-state index >= 15 is 0 Å². The highest BCUT2D eigenvalue weighted by molar-refractivity contribution is 5.85. The molecule has 0 aromatic rings. The van der Waals surface area contributed by atoms with Crippen molar-refractivity contribution >= 4 is 18.3 Å². The minimum atomic E-state index is -0.325. The van der Waals surface area contributed by atoms with Crippen LogP contribution in [-0.2, 0) is 4.79 Å². The summed E-state index contributed by atoms with van der Waals surface area (Å²) in [5.41, 5.74) is 5.92. The summed E-state index contributed by atoms with van der Waals surface area (Å²) in [5.74, 6) is 1.01. The van der Waals surface area contributed by atoms with E-state index in [1.165, 1.54) is 0 Å². The van der Waals surface area contributed by atoms with Crippen LogP contribution in [0.1, 0.15) is 60.3 Å². The largest absolute Gasteiger partial charge is 0.342 e. The highest BCUT2D eigenvalue weighted by Gasteiger charge is 2.39. The molecule has 0 radical (unpaired) electrons. The first-order chi connectivity index (χ1) is 8.80. The third kappa shape index (κ3) is 4.11. The van der Waals surface area contributed by atoms with Gasteiger partial charge in [-0.3, -0.25) is 4.79 Å². The number of rotatable bonds is 4. The van der Waals surface area contributed by atoms with Crippen LogP contribution < -0.4 is 5.73 Å². The maximum absolute atomic E-state index is 12.7. The molecule has 2 N–H and O–H groups in total. The second kappa shape index (κ2) is 7.65. The molecule has 3 nitrogen and oxygen atoms in total. The molecule has 0 atom stereocenters. The number of piperidine rings is 1. The Morgan fingerprint density at radius 2 is 1.60 bits per heavy atom. The van der Waals surface area contributed by atoms with Gasteiger partial charge in [-0.1, -0.05) is 34.6 Å². The quantitative estimate of drug-likeness (QED) is 0.864. The number of hydrogen-bond donors (Lipinski definition) is 1. The number of halogens is 1. The smallest absolute Gasteiger partial charge is 0.230 e. The van der Waals surface area contributed by atoms with Gasteiger partial charge in [-0.25, -0.2) is 0 Å². The number of amides is 1. The van der Waals surface area contributed by atoms with Gasteiger partial charge in [-0.2, -0.15) is 0 Å². The highest BCUT2D eigenvalue weighted by Crippen LogP contribution is 2.36. The molecule has 0 spiro atoms. The molecule has 1 rings (SSSR count). The zero-order chi connectivity index (χ0) is 14.7. The van der Waals surface area contributed by atoms with Gasteiger partial charge in [0.05, 0.1) is 5.41 Å². The Morgan fingerprint density at radius 3 is 1.90 bits per heavy atom. The molecule has 0 aliphatic carbocycles. The fourth-order valence-corrected chi connectivity index (χ4v) is 3.21. The number of carbonyl (C=O) groups is 1. The third-order valence-corrected chi connectivity index (χ3v) is 5.20. The molecular weight excluding hydrogens is 272 g/mol. The van der Waals surface area contributed by atoms with Crippen LogP contribution in [0, 0.1) is 16.7 Å². The van der Waals surface area contributed by atoms with Crippen LogP contribution in [0.25, 0.3) is 0 Å². The third-order valence-electron chi connectivity index (χ3n) is 5.20. The van der Waals surface area contributed by atoms with Gasteiger partial charge in [0.2, 0.25) is 5.91 Å². The molecule has 0 aromatic heterocycles. The van der Waals surface area contributed by atoms with E-state index in [0.29, 0.717) is 12.0 Å². The molecule has 0 saturated carbocycles. The van der Waals surface area contributed by atoms with E-state index in [0.717, 1.165) is 44.7 Å². The van der Waals surface area contributed by atoms with Gasteiger partial charge in [-0.15, -0.1) is 12.4 Å². The lowest BCUT2D eigenvalue weighted by atomic mass is 9.74. The van der Waals surface area contributed by atoms with E-state index in [9.17, 15) is 4.79 Å². The molecule has 1 heterocycles. The van der Waals surface area contributed by atoms with Crippen molar-refractivity contribution in [3.05, 3.63) is 0 Å². The summed E-state index contributed by atoms with van der Waals surface area (Å²) in [6.07, 6.45) is 3.95. The lowest BCUT2D eigenvalue weighted by Gasteiger charge is -2.42. The zero-order valence-corrected chi connectivity index (χ0v) is 14.7. The lowest BCUT2D eigenvalue weighted by molar-refractivity contribution is -0.144. The van der Waals surface area contributed by atoms with Gasteiger partial charge < -0.3 is 10.6 Å². The Hall–Kier alpha value is -0.280. The molecule has 120 valence electrons. The first-order valence-electron chi connectivity index (χ1n) is 7.80. The summed E-state index contributed by atoms with van der Waals surface area (Å²) in [5, 5.41) is 0. The van der Waals surface area contributed by atoms with Crippen LogP contribution in [0.4, 0.5) is 0 Å². The van der Waals surface area contributed by atoms with E-state index in [2.05, 4.69) is 39.5 Å². The Morgan fingerprint density at radius 1 is 1.15 bits per heavy atom. The monoisotopic (exact) mass is 304 g/mol. The van der Waals surface area contributed by atoms with Crippen LogP contribution >= 0.6 is 12.4 Å². The van der Waals surface area contributed by atoms with Crippen LogP contribution in [-0.4, -0.2) is 30.4 Å². The van der Waals surface area contributed by atoms with Crippen molar-refractivity contribution in [3.63, 3.8) is 0 Å². The molecule has 1 aliphatic heterocycles. The number of nitrogens with two attached hydrogens (primary N) is 1. The van der Waals surface area contributed by atoms with E-state index < -0.39 is 0 Å². The summed E-state index contributed by atoms with van der Waals surface area (Å²) in [6, 6.07) is 0. The minimum Gasteiger partial charge on any atom is -0.342 e. The van der Waals surface area contributed by atoms with E-state index in [1.807, 2.05) is 0 Å². The molecule has 4 heteroatoms. The van der Waals surface area contributed by atoms with Gasteiger partial charge in [0.25, 0.3) is 0 Å². The molecule has 1 amide bonds. The predicted molar refractivity (Wildman–Crippen MR) is 88.1 cm³/mol. The molecule has 1 saturated heterocycles. The van der Waals surface area contributed by atoms with Crippen molar-refractivity contribution in [2.45, 2.75) is 60.3 Å². The van der Waals surface area contributed by atoms with Gasteiger partial charge >= 0.3 is 0 Å². The summed E-state index contributed by atoms with van der Waals surface area (Å²) in [4.78, 5) is 14.8. The fraction of sp³-hybridized carbons (Fsp3) is 0.938. The average Bonchev–Trinajstić information content (AvgIpc) is 2.40. The van der Waals surface area contributed by atoms with Gasteiger partial charge in [0, 0.05) is 19.6 Å². The number of hydrogen-bond acceptors (Lipinski definition) is 2. The SMILES string of the molecule is CCC(CC)(CN)C(=O)N1CCC(C(C)(C)C)CC1.Cl. The van der Waals surface area contributed by atoms with Crippen molar-refractivity contribution in [3.8, 4) is 0 Å². The Bertz CT molecular complexity index is 292. The first kappa shape index (κ1) is 19.7. The fourth-order valence-electron chi connectivity index (χ4n) is 3.21. The number of carbonyl (C=O) groups excluding carboxylic acids is 1. The molecule has 0 bridgehead atoms. The molecule has 1 aliphatic rings. The molecular formula is C16H33ClN2O. The standard InChI is InChI=1S/C16H32N2O.ClH/c1-6-16(7-2,12-17)14(19)18-10-8-13(9-11-18)15(3,4)5;/h13H,6-12,17H2,1-5H3;1H. The maximum Gasteiger partial charge on any atom is 0.230 e. The summed E-state index contributed by atoms with van der Waals surface area (Å²) in [6.45, 7) is 13.3. The Kier molecular flexibility index (Phi) is 7.54. The number of likely N-dealkylation sites (tertiary alicyclic amines) is 1. The minimum absolute atomic E-state index is 0. The Labute approximate surface area is 131 Å². The van der Waals surface area contributed by atoms with Crippen molar-refractivity contribution in [2.24, 2.45) is 22.5 Å². The van der Waals surface area contributed by atoms with Gasteiger partial charge in [0.1, 0.15) is 0 Å². The van der Waals surface area contributed by atoms with Crippen LogP contribution in [0.5, 0.6) is 0 Å². The molecule has 0 aromatic carbocycles. The maximum atomic E-state index is 12.7. The van der Waals surface area contributed by atoms with Crippen molar-refractivity contribution in [1.29, 1.82) is 0 Å². The number of nitrogens with zero attached hydrogens (tertiary/aromatic N) is 1. The van der Waals surface area contributed by atoms with Crippen molar-refractivity contribution < 1.29 is 4.79 Å². The summed E-state index contributed by atoms with van der Waals surface area (Å²) < 4.78 is 0.